The van der Waals surface area contributed by atoms with Gasteiger partial charge in [0.25, 0.3) is 0 Å². The van der Waals surface area contributed by atoms with E-state index in [0.29, 0.717) is 56.6 Å². The average molecular weight is 713 g/mol. The fraction of sp³-hybridized carbons (Fsp3) is 0.400. The molecule has 0 saturated carbocycles. The summed E-state index contributed by atoms with van der Waals surface area (Å²) < 4.78 is 14.2. The number of pyridine rings is 2. The lowest BCUT2D eigenvalue weighted by Crippen LogP contribution is -2.51. The molecule has 3 amide bonds. The standard InChI is InChI=1S/C40H46ClFN6O3/c41-33-9-5-32(6-10-33)40(51)18-26-47(27-19-40)23-3-17-39(36-4-1-2-20-44-36,31-7-11-34(42)12-8-31)29-45-38(50)46-35-15-24-48(25-16-35)37(49)28-30-13-21-43-22-14-30/h1-2,4-14,20-22,35,51H,3,15-19,23-29H2,(H2,45,46,50). The van der Waals surface area contributed by atoms with Crippen LogP contribution in [-0.4, -0.2) is 82.1 Å². The maximum absolute atomic E-state index is 14.2. The maximum Gasteiger partial charge on any atom is 0.315 e. The van der Waals surface area contributed by atoms with E-state index >= 15 is 0 Å². The van der Waals surface area contributed by atoms with Gasteiger partial charge in [-0.25, -0.2) is 9.18 Å². The number of carbonyl (C=O) groups is 2. The zero-order valence-corrected chi connectivity index (χ0v) is 29.6. The van der Waals surface area contributed by atoms with Crippen LogP contribution in [0.1, 0.15) is 60.9 Å². The van der Waals surface area contributed by atoms with Gasteiger partial charge >= 0.3 is 6.03 Å². The number of amides is 3. The van der Waals surface area contributed by atoms with Crippen molar-refractivity contribution in [1.29, 1.82) is 0 Å². The van der Waals surface area contributed by atoms with Gasteiger partial charge in [0.05, 0.1) is 23.1 Å². The molecule has 2 aliphatic heterocycles. The molecule has 2 saturated heterocycles. The molecule has 11 heteroatoms. The lowest BCUT2D eigenvalue weighted by Gasteiger charge is -2.39. The molecule has 2 fully saturated rings. The van der Waals surface area contributed by atoms with Gasteiger partial charge in [-0.2, -0.15) is 0 Å². The second-order valence-corrected chi connectivity index (χ2v) is 14.2. The van der Waals surface area contributed by atoms with Gasteiger partial charge in [0.15, 0.2) is 0 Å². The highest BCUT2D eigenvalue weighted by Crippen LogP contribution is 2.37. The Labute approximate surface area is 304 Å². The molecular weight excluding hydrogens is 667 g/mol. The molecule has 2 aromatic heterocycles. The maximum atomic E-state index is 14.2. The summed E-state index contributed by atoms with van der Waals surface area (Å²) in [4.78, 5) is 39.3. The number of nitrogens with zero attached hydrogens (tertiary/aromatic N) is 4. The first-order chi connectivity index (χ1) is 24.7. The van der Waals surface area contributed by atoms with Gasteiger partial charge in [0.1, 0.15) is 5.82 Å². The molecule has 0 bridgehead atoms. The molecule has 6 rings (SSSR count). The third-order valence-corrected chi connectivity index (χ3v) is 10.8. The van der Waals surface area contributed by atoms with Gasteiger partial charge in [0.2, 0.25) is 5.91 Å². The van der Waals surface area contributed by atoms with Crippen molar-refractivity contribution in [2.75, 3.05) is 39.3 Å². The van der Waals surface area contributed by atoms with Gasteiger partial charge in [-0.05, 0) is 110 Å². The van der Waals surface area contributed by atoms with Crippen LogP contribution in [0.3, 0.4) is 0 Å². The summed E-state index contributed by atoms with van der Waals surface area (Å²) in [5.41, 5.74) is 1.91. The Bertz CT molecular complexity index is 1720. The molecule has 0 radical (unpaired) electrons. The van der Waals surface area contributed by atoms with Crippen molar-refractivity contribution in [3.05, 3.63) is 131 Å². The van der Waals surface area contributed by atoms with E-state index in [1.165, 1.54) is 12.1 Å². The number of nitrogens with one attached hydrogen (secondary N) is 2. The zero-order valence-electron chi connectivity index (χ0n) is 28.8. The molecule has 1 atom stereocenters. The summed E-state index contributed by atoms with van der Waals surface area (Å²) >= 11 is 6.08. The van der Waals surface area contributed by atoms with E-state index in [2.05, 4.69) is 20.5 Å². The molecule has 4 aromatic rings. The van der Waals surface area contributed by atoms with E-state index in [1.807, 2.05) is 59.5 Å². The first kappa shape index (κ1) is 36.4. The second-order valence-electron chi connectivity index (χ2n) is 13.8. The topological polar surface area (TPSA) is 111 Å². The Hall–Kier alpha value is -4.38. The van der Waals surface area contributed by atoms with E-state index < -0.39 is 11.0 Å². The molecule has 51 heavy (non-hydrogen) atoms. The summed E-state index contributed by atoms with van der Waals surface area (Å²) in [7, 11) is 0. The molecule has 2 aromatic carbocycles. The SMILES string of the molecule is O=C(NCC(CCCN1CCC(O)(c2ccc(Cl)cc2)CC1)(c1ccc(F)cc1)c1ccccn1)NC1CCN(C(=O)Cc2ccncc2)CC1. The van der Waals surface area contributed by atoms with Crippen LogP contribution in [0.25, 0.3) is 0 Å². The highest BCUT2D eigenvalue weighted by molar-refractivity contribution is 6.30. The number of halogens is 2. The predicted molar refractivity (Wildman–Crippen MR) is 196 cm³/mol. The number of carbonyl (C=O) groups excluding carboxylic acids is 2. The van der Waals surface area contributed by atoms with Crippen molar-refractivity contribution in [2.45, 2.75) is 62.0 Å². The summed E-state index contributed by atoms with van der Waals surface area (Å²) in [6, 6.07) is 23.1. The number of urea groups is 1. The molecule has 0 spiro atoms. The number of piperidine rings is 2. The van der Waals surface area contributed by atoms with E-state index in [4.69, 9.17) is 16.6 Å². The number of aromatic nitrogens is 2. The number of hydrogen-bond acceptors (Lipinski definition) is 6. The summed E-state index contributed by atoms with van der Waals surface area (Å²) in [6.45, 7) is 3.73. The van der Waals surface area contributed by atoms with Crippen LogP contribution in [0.2, 0.25) is 5.02 Å². The lowest BCUT2D eigenvalue weighted by atomic mass is 9.73. The van der Waals surface area contributed by atoms with E-state index in [9.17, 15) is 19.1 Å². The number of rotatable bonds is 12. The van der Waals surface area contributed by atoms with Crippen LogP contribution in [0.5, 0.6) is 0 Å². The molecule has 0 aliphatic carbocycles. The summed E-state index contributed by atoms with van der Waals surface area (Å²) in [5.74, 6) is -0.253. The van der Waals surface area contributed by atoms with Crippen LogP contribution in [0, 0.1) is 5.82 Å². The Balaban J connectivity index is 1.08. The van der Waals surface area contributed by atoms with Crippen molar-refractivity contribution in [3.8, 4) is 0 Å². The Morgan fingerprint density at radius 1 is 0.922 bits per heavy atom. The van der Waals surface area contributed by atoms with Crippen LogP contribution >= 0.6 is 11.6 Å². The fourth-order valence-electron chi connectivity index (χ4n) is 7.44. The van der Waals surface area contributed by atoms with Crippen LogP contribution < -0.4 is 10.6 Å². The Kier molecular flexibility index (Phi) is 12.0. The van der Waals surface area contributed by atoms with Gasteiger partial charge in [-0.3, -0.25) is 14.8 Å². The van der Waals surface area contributed by atoms with Crippen molar-refractivity contribution >= 4 is 23.5 Å². The third-order valence-electron chi connectivity index (χ3n) is 10.5. The monoisotopic (exact) mass is 712 g/mol. The summed E-state index contributed by atoms with van der Waals surface area (Å²) in [5, 5.41) is 18.3. The minimum absolute atomic E-state index is 0.0596. The quantitative estimate of drug-likeness (QED) is 0.170. The average Bonchev–Trinajstić information content (AvgIpc) is 3.15. The normalized spacial score (nSPS) is 17.7. The Morgan fingerprint density at radius 3 is 2.29 bits per heavy atom. The lowest BCUT2D eigenvalue weighted by molar-refractivity contribution is -0.131. The highest BCUT2D eigenvalue weighted by atomic mass is 35.5. The number of likely N-dealkylation sites (tertiary alicyclic amines) is 2. The molecular formula is C40H46ClFN6O3. The van der Waals surface area contributed by atoms with Crippen LogP contribution in [-0.2, 0) is 22.2 Å². The number of hydrogen-bond donors (Lipinski definition) is 3. The Morgan fingerprint density at radius 2 is 1.63 bits per heavy atom. The van der Waals surface area contributed by atoms with E-state index in [0.717, 1.165) is 48.4 Å². The van der Waals surface area contributed by atoms with Gasteiger partial charge in [0, 0.05) is 62.4 Å². The molecule has 4 heterocycles. The zero-order chi connectivity index (χ0) is 35.7. The van der Waals surface area contributed by atoms with Gasteiger partial charge in [-0.1, -0.05) is 41.9 Å². The fourth-order valence-corrected chi connectivity index (χ4v) is 7.57. The molecule has 9 nitrogen and oxygen atoms in total. The highest BCUT2D eigenvalue weighted by Gasteiger charge is 2.38. The largest absolute Gasteiger partial charge is 0.385 e. The van der Waals surface area contributed by atoms with Gasteiger partial charge < -0.3 is 25.5 Å². The third kappa shape index (κ3) is 9.30. The van der Waals surface area contributed by atoms with E-state index in [-0.39, 0.29) is 30.3 Å². The van der Waals surface area contributed by atoms with E-state index in [1.54, 1.807) is 30.7 Å². The van der Waals surface area contributed by atoms with Crippen molar-refractivity contribution in [3.63, 3.8) is 0 Å². The molecule has 268 valence electrons. The van der Waals surface area contributed by atoms with Crippen molar-refractivity contribution < 1.29 is 19.1 Å². The number of aliphatic hydroxyl groups is 1. The molecule has 2 aliphatic rings. The summed E-state index contributed by atoms with van der Waals surface area (Å²) in [6.07, 6.45) is 9.50. The minimum Gasteiger partial charge on any atom is -0.385 e. The first-order valence-electron chi connectivity index (χ1n) is 17.8. The van der Waals surface area contributed by atoms with Crippen molar-refractivity contribution in [2.24, 2.45) is 0 Å². The van der Waals surface area contributed by atoms with Crippen LogP contribution in [0.15, 0.2) is 97.5 Å². The molecule has 3 N–H and O–H groups in total. The second kappa shape index (κ2) is 16.8. The minimum atomic E-state index is -0.879. The van der Waals surface area contributed by atoms with Crippen LogP contribution in [0.4, 0.5) is 9.18 Å². The van der Waals surface area contributed by atoms with Crippen molar-refractivity contribution in [1.82, 2.24) is 30.4 Å². The molecule has 1 unspecified atom stereocenters. The number of benzene rings is 2. The van der Waals surface area contributed by atoms with Gasteiger partial charge in [-0.15, -0.1) is 0 Å². The smallest absolute Gasteiger partial charge is 0.315 e. The first-order valence-corrected chi connectivity index (χ1v) is 18.2. The predicted octanol–water partition coefficient (Wildman–Crippen LogP) is 5.85.